The minimum absolute atomic E-state index is 0.0802. The highest BCUT2D eigenvalue weighted by atomic mass is 19.2. The molecule has 0 radical (unpaired) electrons. The minimum Gasteiger partial charge on any atom is -0.394 e. The third-order valence-electron chi connectivity index (χ3n) is 5.45. The lowest BCUT2D eigenvalue weighted by Crippen LogP contribution is -2.50. The van der Waals surface area contributed by atoms with Crippen LogP contribution in [0.2, 0.25) is 0 Å². The molecular formula is C24H23BF2N2O. The second kappa shape index (κ2) is 8.23. The molecule has 0 bridgehead atoms. The lowest BCUT2D eigenvalue weighted by Gasteiger charge is -2.30. The first-order valence-electron chi connectivity index (χ1n) is 10.2. The molecule has 0 atom stereocenters. The Morgan fingerprint density at radius 3 is 2.60 bits per heavy atom. The Morgan fingerprint density at radius 1 is 1.07 bits per heavy atom. The number of aromatic nitrogens is 1. The molecular weight excluding hydrogens is 381 g/mol. The second-order valence-electron chi connectivity index (χ2n) is 7.43. The predicted molar refractivity (Wildman–Crippen MR) is 118 cm³/mol. The van der Waals surface area contributed by atoms with Gasteiger partial charge in [0.1, 0.15) is 5.78 Å². The molecule has 0 saturated heterocycles. The maximum Gasteiger partial charge on any atom is 0.737 e. The van der Waals surface area contributed by atoms with Crippen LogP contribution >= 0.6 is 0 Å². The normalized spacial score (nSPS) is 17.0. The van der Waals surface area contributed by atoms with E-state index in [1.807, 2.05) is 42.5 Å². The van der Waals surface area contributed by atoms with Crippen molar-refractivity contribution in [3.05, 3.63) is 95.5 Å². The van der Waals surface area contributed by atoms with Gasteiger partial charge in [0.25, 0.3) is 0 Å². The summed E-state index contributed by atoms with van der Waals surface area (Å²) in [6.07, 6.45) is 13.5. The first-order valence-corrected chi connectivity index (χ1v) is 10.2. The van der Waals surface area contributed by atoms with Crippen LogP contribution in [0.4, 0.5) is 8.63 Å². The number of benzene rings is 1. The second-order valence-corrected chi connectivity index (χ2v) is 7.43. The standard InChI is InChI=1S/C24H23BF2N2O/c1-2-24(30)17-16-21-13-15-23-18-22-14-12-20(28(22)25(26,27)29(21)23)11-7-6-10-19-8-4-3-5-9-19/h3-15,18H,2,16-17H2,1H3/b10-6+,11-7+. The number of aryl methyl sites for hydroxylation is 1. The number of ketones is 1. The molecule has 0 N–H and O–H groups in total. The van der Waals surface area contributed by atoms with Crippen molar-refractivity contribution in [1.82, 2.24) is 4.48 Å². The van der Waals surface area contributed by atoms with E-state index in [4.69, 9.17) is 0 Å². The van der Waals surface area contributed by atoms with Gasteiger partial charge in [-0.05, 0) is 29.8 Å². The van der Waals surface area contributed by atoms with Crippen molar-refractivity contribution in [2.45, 2.75) is 26.2 Å². The largest absolute Gasteiger partial charge is 0.737 e. The highest BCUT2D eigenvalue weighted by Gasteiger charge is 2.51. The number of halogens is 2. The zero-order valence-electron chi connectivity index (χ0n) is 16.8. The topological polar surface area (TPSA) is 25.0 Å². The summed E-state index contributed by atoms with van der Waals surface area (Å²) < 4.78 is 33.4. The predicted octanol–water partition coefficient (Wildman–Crippen LogP) is 5.27. The van der Waals surface area contributed by atoms with Crippen molar-refractivity contribution in [1.29, 1.82) is 0 Å². The molecule has 2 aromatic rings. The molecule has 0 fully saturated rings. The van der Waals surface area contributed by atoms with Crippen molar-refractivity contribution >= 4 is 30.6 Å². The molecule has 2 aliphatic heterocycles. The van der Waals surface area contributed by atoms with E-state index in [1.165, 1.54) is 0 Å². The van der Waals surface area contributed by atoms with Crippen LogP contribution < -0.4 is 0 Å². The molecule has 0 unspecified atom stereocenters. The smallest absolute Gasteiger partial charge is 0.394 e. The van der Waals surface area contributed by atoms with Crippen molar-refractivity contribution < 1.29 is 17.9 Å². The van der Waals surface area contributed by atoms with Crippen LogP contribution in [0.15, 0.2) is 78.5 Å². The maximum atomic E-state index is 15.6. The number of Topliss-reactive ketones (excluding diaryl/α,β-unsaturated/α-hetero) is 1. The summed E-state index contributed by atoms with van der Waals surface area (Å²) in [6, 6.07) is 13.2. The molecule has 6 heteroatoms. The van der Waals surface area contributed by atoms with Gasteiger partial charge in [-0.2, -0.15) is 0 Å². The van der Waals surface area contributed by atoms with E-state index >= 15 is 8.63 Å². The Bertz CT molecular complexity index is 1120. The molecule has 30 heavy (non-hydrogen) atoms. The lowest BCUT2D eigenvalue weighted by molar-refractivity contribution is -0.360. The van der Waals surface area contributed by atoms with Crippen LogP contribution in [0.5, 0.6) is 0 Å². The zero-order valence-corrected chi connectivity index (χ0v) is 16.8. The van der Waals surface area contributed by atoms with E-state index in [0.29, 0.717) is 35.6 Å². The maximum absolute atomic E-state index is 15.6. The Hall–Kier alpha value is -3.28. The molecule has 3 heterocycles. The first kappa shape index (κ1) is 20.0. The van der Waals surface area contributed by atoms with Crippen LogP contribution in [0.25, 0.3) is 12.2 Å². The third kappa shape index (κ3) is 3.77. The highest BCUT2D eigenvalue weighted by molar-refractivity contribution is 6.58. The van der Waals surface area contributed by atoms with Crippen molar-refractivity contribution in [2.75, 3.05) is 0 Å². The summed E-state index contributed by atoms with van der Waals surface area (Å²) in [7, 11) is 0. The van der Waals surface area contributed by atoms with Gasteiger partial charge >= 0.3 is 6.97 Å². The van der Waals surface area contributed by atoms with Crippen LogP contribution in [-0.2, 0) is 11.2 Å². The van der Waals surface area contributed by atoms with Gasteiger partial charge in [-0.3, -0.25) is 4.79 Å². The van der Waals surface area contributed by atoms with Crippen molar-refractivity contribution in [3.63, 3.8) is 0 Å². The summed E-state index contributed by atoms with van der Waals surface area (Å²) in [6.45, 7) is -2.25. The Kier molecular flexibility index (Phi) is 5.49. The quantitative estimate of drug-likeness (QED) is 0.456. The van der Waals surface area contributed by atoms with Crippen LogP contribution in [-0.4, -0.2) is 27.4 Å². The Labute approximate surface area is 175 Å². The van der Waals surface area contributed by atoms with Gasteiger partial charge in [-0.25, -0.2) is 0 Å². The molecule has 1 aromatic carbocycles. The SMILES string of the molecule is CCC(=O)CCc1ccc2n1[B-](F)(F)[N+]1=C(/C=C/C=C/c3ccccc3)C=CC1=C2. The lowest BCUT2D eigenvalue weighted by atomic mass is 9.90. The number of allylic oxidation sites excluding steroid dienone is 5. The number of fused-ring (bicyclic) bond motifs is 2. The van der Waals surface area contributed by atoms with E-state index in [9.17, 15) is 4.79 Å². The minimum atomic E-state index is -4.04. The number of rotatable bonds is 7. The van der Waals surface area contributed by atoms with Gasteiger partial charge in [0, 0.05) is 42.8 Å². The van der Waals surface area contributed by atoms with Gasteiger partial charge in [0.15, 0.2) is 11.4 Å². The average molecular weight is 404 g/mol. The van der Waals surface area contributed by atoms with Gasteiger partial charge in [-0.15, -0.1) is 0 Å². The summed E-state index contributed by atoms with van der Waals surface area (Å²) in [4.78, 5) is 11.7. The summed E-state index contributed by atoms with van der Waals surface area (Å²) in [5.74, 6) is 0.0802. The molecule has 4 rings (SSSR count). The van der Waals surface area contributed by atoms with Gasteiger partial charge in [0.05, 0.1) is 0 Å². The number of nitrogens with zero attached hydrogens (tertiary/aromatic N) is 2. The fourth-order valence-electron chi connectivity index (χ4n) is 3.90. The van der Waals surface area contributed by atoms with Crippen molar-refractivity contribution in [3.8, 4) is 0 Å². The van der Waals surface area contributed by atoms with E-state index < -0.39 is 6.97 Å². The zero-order chi connectivity index (χ0) is 21.1. The third-order valence-corrected chi connectivity index (χ3v) is 5.45. The molecule has 152 valence electrons. The van der Waals surface area contributed by atoms with E-state index in [2.05, 4.69) is 0 Å². The van der Waals surface area contributed by atoms with Crippen LogP contribution in [0.1, 0.15) is 36.7 Å². The fraction of sp³-hybridized carbons (Fsp3) is 0.167. The molecule has 0 spiro atoms. The fourth-order valence-corrected chi connectivity index (χ4v) is 3.90. The summed E-state index contributed by atoms with van der Waals surface area (Å²) in [5.41, 5.74) is 2.94. The Morgan fingerprint density at radius 2 is 1.83 bits per heavy atom. The molecule has 2 aliphatic rings. The summed E-state index contributed by atoms with van der Waals surface area (Å²) >= 11 is 0. The Balaban J connectivity index is 1.62. The number of hydrogen-bond donors (Lipinski definition) is 0. The summed E-state index contributed by atoms with van der Waals surface area (Å²) in [5, 5.41) is 0. The molecule has 0 amide bonds. The van der Waals surface area contributed by atoms with Gasteiger partial charge < -0.3 is 17.6 Å². The molecule has 1 aromatic heterocycles. The van der Waals surface area contributed by atoms with E-state index in [0.717, 1.165) is 14.5 Å². The molecule has 0 saturated carbocycles. The molecule has 3 nitrogen and oxygen atoms in total. The monoisotopic (exact) mass is 404 g/mol. The average Bonchev–Trinajstić information content (AvgIpc) is 3.35. The van der Waals surface area contributed by atoms with Crippen LogP contribution in [0.3, 0.4) is 0 Å². The number of carbonyl (C=O) groups excluding carboxylic acids is 1. The van der Waals surface area contributed by atoms with Gasteiger partial charge in [0.2, 0.25) is 0 Å². The van der Waals surface area contributed by atoms with Gasteiger partial charge in [-0.1, -0.05) is 55.5 Å². The number of hydrogen-bond acceptors (Lipinski definition) is 1. The molecule has 0 aliphatic carbocycles. The van der Waals surface area contributed by atoms with E-state index in [-0.39, 0.29) is 12.2 Å². The first-order chi connectivity index (χ1) is 14.5. The van der Waals surface area contributed by atoms with Crippen LogP contribution in [0, 0.1) is 0 Å². The van der Waals surface area contributed by atoms with E-state index in [1.54, 1.807) is 49.4 Å². The highest BCUT2D eigenvalue weighted by Crippen LogP contribution is 2.33. The van der Waals surface area contributed by atoms with Crippen molar-refractivity contribution in [2.24, 2.45) is 0 Å². The number of carbonyl (C=O) groups is 1.